The molecule has 0 aliphatic heterocycles. The molecule has 6 nitrogen and oxygen atoms in total. The van der Waals surface area contributed by atoms with E-state index >= 15 is 0 Å². The highest BCUT2D eigenvalue weighted by Crippen LogP contribution is 2.17. The van der Waals surface area contributed by atoms with Crippen molar-refractivity contribution in [2.24, 2.45) is 0 Å². The zero-order chi connectivity index (χ0) is 15.9. The van der Waals surface area contributed by atoms with Gasteiger partial charge in [0.2, 0.25) is 0 Å². The average Bonchev–Trinajstić information content (AvgIpc) is 2.55. The molecule has 0 aliphatic carbocycles. The van der Waals surface area contributed by atoms with Crippen LogP contribution in [0.5, 0.6) is 0 Å². The van der Waals surface area contributed by atoms with Gasteiger partial charge in [0.05, 0.1) is 13.2 Å². The van der Waals surface area contributed by atoms with Gasteiger partial charge in [0.1, 0.15) is 5.56 Å². The van der Waals surface area contributed by atoms with Gasteiger partial charge in [-0.15, -0.1) is 0 Å². The molecule has 114 valence electrons. The van der Waals surface area contributed by atoms with E-state index < -0.39 is 11.9 Å². The van der Waals surface area contributed by atoms with Crippen molar-refractivity contribution < 1.29 is 19.1 Å². The van der Waals surface area contributed by atoms with Gasteiger partial charge in [-0.2, -0.15) is 0 Å². The Morgan fingerprint density at radius 3 is 2.27 bits per heavy atom. The minimum Gasteiger partial charge on any atom is -0.462 e. The van der Waals surface area contributed by atoms with E-state index in [-0.39, 0.29) is 24.5 Å². The summed E-state index contributed by atoms with van der Waals surface area (Å²) in [6.07, 6.45) is 1.29. The molecule has 1 aromatic heterocycles. The van der Waals surface area contributed by atoms with Crippen LogP contribution in [-0.4, -0.2) is 35.1 Å². The molecular weight excluding hydrogens is 284 g/mol. The Balaban J connectivity index is 2.48. The highest BCUT2D eigenvalue weighted by molar-refractivity contribution is 6.01. The molecule has 0 saturated heterocycles. The topological polar surface area (TPSA) is 78.4 Å². The van der Waals surface area contributed by atoms with Crippen LogP contribution in [0.3, 0.4) is 0 Å². The normalized spacial score (nSPS) is 10.1. The highest BCUT2D eigenvalue weighted by Gasteiger charge is 2.22. The van der Waals surface area contributed by atoms with Crippen molar-refractivity contribution >= 4 is 11.9 Å². The third kappa shape index (κ3) is 3.46. The fourth-order valence-corrected chi connectivity index (χ4v) is 1.82. The van der Waals surface area contributed by atoms with Crippen molar-refractivity contribution in [1.82, 2.24) is 9.97 Å². The Morgan fingerprint density at radius 1 is 1.00 bits per heavy atom. The predicted molar refractivity (Wildman–Crippen MR) is 79.4 cm³/mol. The monoisotopic (exact) mass is 300 g/mol. The Kier molecular flexibility index (Phi) is 5.19. The molecule has 1 heterocycles. The van der Waals surface area contributed by atoms with Gasteiger partial charge in [0.25, 0.3) is 0 Å². The molecule has 0 atom stereocenters. The van der Waals surface area contributed by atoms with Crippen molar-refractivity contribution in [2.45, 2.75) is 13.8 Å². The quantitative estimate of drug-likeness (QED) is 0.789. The first-order chi connectivity index (χ1) is 10.7. The number of hydrogen-bond acceptors (Lipinski definition) is 6. The number of hydrogen-bond donors (Lipinski definition) is 0. The second-order valence-corrected chi connectivity index (χ2v) is 4.26. The van der Waals surface area contributed by atoms with Crippen LogP contribution in [0.1, 0.15) is 34.7 Å². The number of nitrogens with zero attached hydrogens (tertiary/aromatic N) is 2. The Hall–Kier alpha value is -2.76. The number of carbonyl (C=O) groups is 2. The number of ether oxygens (including phenoxy) is 2. The molecule has 0 N–H and O–H groups in total. The van der Waals surface area contributed by atoms with Crippen molar-refractivity contribution in [3.8, 4) is 11.4 Å². The van der Waals surface area contributed by atoms with E-state index in [4.69, 9.17) is 9.47 Å². The predicted octanol–water partition coefficient (Wildman–Crippen LogP) is 2.50. The zero-order valence-corrected chi connectivity index (χ0v) is 12.4. The van der Waals surface area contributed by atoms with Gasteiger partial charge in [0, 0.05) is 11.8 Å². The third-order valence-electron chi connectivity index (χ3n) is 2.78. The number of aromatic nitrogens is 2. The Morgan fingerprint density at radius 2 is 1.64 bits per heavy atom. The molecule has 0 unspecified atom stereocenters. The molecule has 0 amide bonds. The van der Waals surface area contributed by atoms with Crippen molar-refractivity contribution in [3.63, 3.8) is 0 Å². The van der Waals surface area contributed by atoms with Gasteiger partial charge < -0.3 is 9.47 Å². The molecule has 0 saturated carbocycles. The second kappa shape index (κ2) is 7.31. The summed E-state index contributed by atoms with van der Waals surface area (Å²) >= 11 is 0. The summed E-state index contributed by atoms with van der Waals surface area (Å²) in [6, 6.07) is 9.16. The van der Waals surface area contributed by atoms with E-state index in [1.165, 1.54) is 6.20 Å². The minimum absolute atomic E-state index is 0.0000175. The van der Waals surface area contributed by atoms with Crippen LogP contribution < -0.4 is 0 Å². The van der Waals surface area contributed by atoms with Gasteiger partial charge >= 0.3 is 11.9 Å². The first-order valence-corrected chi connectivity index (χ1v) is 6.94. The molecule has 22 heavy (non-hydrogen) atoms. The lowest BCUT2D eigenvalue weighted by molar-refractivity contribution is 0.0473. The van der Waals surface area contributed by atoms with E-state index in [9.17, 15) is 9.59 Å². The summed E-state index contributed by atoms with van der Waals surface area (Å²) in [6.45, 7) is 3.75. The van der Waals surface area contributed by atoms with E-state index in [0.717, 1.165) is 5.56 Å². The van der Waals surface area contributed by atoms with Crippen molar-refractivity contribution in [3.05, 3.63) is 47.8 Å². The summed E-state index contributed by atoms with van der Waals surface area (Å²) in [4.78, 5) is 32.3. The molecule has 0 radical (unpaired) electrons. The molecule has 6 heteroatoms. The van der Waals surface area contributed by atoms with Crippen LogP contribution in [0.25, 0.3) is 11.4 Å². The molecule has 0 fully saturated rings. The first kappa shape index (κ1) is 15.6. The molecule has 0 aliphatic rings. The summed E-state index contributed by atoms with van der Waals surface area (Å²) < 4.78 is 9.87. The van der Waals surface area contributed by atoms with Gasteiger partial charge in [-0.05, 0) is 13.8 Å². The van der Waals surface area contributed by atoms with E-state index in [1.54, 1.807) is 13.8 Å². The van der Waals surface area contributed by atoms with E-state index in [0.29, 0.717) is 5.82 Å². The number of esters is 2. The van der Waals surface area contributed by atoms with Crippen LogP contribution in [0.2, 0.25) is 0 Å². The largest absolute Gasteiger partial charge is 0.462 e. The second-order valence-electron chi connectivity index (χ2n) is 4.26. The van der Waals surface area contributed by atoms with Gasteiger partial charge in [0.15, 0.2) is 11.5 Å². The maximum atomic E-state index is 12.0. The highest BCUT2D eigenvalue weighted by atomic mass is 16.5. The third-order valence-corrected chi connectivity index (χ3v) is 2.78. The van der Waals surface area contributed by atoms with Crippen LogP contribution in [-0.2, 0) is 9.47 Å². The fraction of sp³-hybridized carbons (Fsp3) is 0.250. The van der Waals surface area contributed by atoms with E-state index in [2.05, 4.69) is 9.97 Å². The van der Waals surface area contributed by atoms with Gasteiger partial charge in [-0.25, -0.2) is 19.6 Å². The van der Waals surface area contributed by atoms with Gasteiger partial charge in [-0.3, -0.25) is 0 Å². The molecular formula is C16H16N2O4. The Bertz CT molecular complexity index is 671. The van der Waals surface area contributed by atoms with Gasteiger partial charge in [-0.1, -0.05) is 30.3 Å². The fourth-order valence-electron chi connectivity index (χ4n) is 1.82. The van der Waals surface area contributed by atoms with Crippen molar-refractivity contribution in [2.75, 3.05) is 13.2 Å². The number of rotatable bonds is 5. The van der Waals surface area contributed by atoms with Crippen LogP contribution >= 0.6 is 0 Å². The zero-order valence-electron chi connectivity index (χ0n) is 12.4. The molecule has 1 aromatic carbocycles. The number of carbonyl (C=O) groups excluding carboxylic acids is 2. The molecule has 0 spiro atoms. The standard InChI is InChI=1S/C16H16N2O4/c1-3-21-15(19)12-10-17-14(11-8-6-5-7-9-11)18-13(12)16(20)22-4-2/h5-10H,3-4H2,1-2H3. The molecule has 2 rings (SSSR count). The maximum absolute atomic E-state index is 12.0. The first-order valence-electron chi connectivity index (χ1n) is 6.94. The van der Waals surface area contributed by atoms with Crippen LogP contribution in [0.15, 0.2) is 36.5 Å². The molecule has 0 bridgehead atoms. The lowest BCUT2D eigenvalue weighted by Crippen LogP contribution is -2.17. The number of benzene rings is 1. The lowest BCUT2D eigenvalue weighted by Gasteiger charge is -2.09. The summed E-state index contributed by atoms with van der Waals surface area (Å²) in [5.74, 6) is -0.980. The minimum atomic E-state index is -0.676. The summed E-state index contributed by atoms with van der Waals surface area (Å²) in [5, 5.41) is 0. The lowest BCUT2D eigenvalue weighted by atomic mass is 10.2. The summed E-state index contributed by atoms with van der Waals surface area (Å²) in [5.41, 5.74) is 0.651. The van der Waals surface area contributed by atoms with E-state index in [1.807, 2.05) is 30.3 Å². The smallest absolute Gasteiger partial charge is 0.357 e. The van der Waals surface area contributed by atoms with Crippen LogP contribution in [0, 0.1) is 0 Å². The van der Waals surface area contributed by atoms with Crippen molar-refractivity contribution in [1.29, 1.82) is 0 Å². The van der Waals surface area contributed by atoms with Crippen LogP contribution in [0.4, 0.5) is 0 Å². The Labute approximate surface area is 128 Å². The molecule has 2 aromatic rings. The summed E-state index contributed by atoms with van der Waals surface area (Å²) in [7, 11) is 0. The average molecular weight is 300 g/mol. The maximum Gasteiger partial charge on any atom is 0.357 e. The SMILES string of the molecule is CCOC(=O)c1cnc(-c2ccccc2)nc1C(=O)OCC.